The van der Waals surface area contributed by atoms with Crippen molar-refractivity contribution in [3.05, 3.63) is 77.4 Å². The number of aliphatic carboxylic acids is 1. The van der Waals surface area contributed by atoms with Crippen molar-refractivity contribution in [1.82, 2.24) is 4.90 Å². The fourth-order valence-corrected chi connectivity index (χ4v) is 3.07. The van der Waals surface area contributed by atoms with Crippen LogP contribution in [0.25, 0.3) is 0 Å². The van der Waals surface area contributed by atoms with E-state index in [0.717, 1.165) is 35.6 Å². The molecule has 1 heterocycles. The Morgan fingerprint density at radius 2 is 1.90 bits per heavy atom. The topological polar surface area (TPSA) is 71.4 Å². The molecule has 6 nitrogen and oxygen atoms in total. The van der Waals surface area contributed by atoms with Crippen molar-refractivity contribution >= 4 is 24.1 Å². The average molecular weight is 417 g/mol. The normalized spacial score (nSPS) is 14.5. The third-order valence-corrected chi connectivity index (χ3v) is 4.55. The second kappa shape index (κ2) is 11.2. The van der Waals surface area contributed by atoms with Crippen LogP contribution >= 0.6 is 12.4 Å². The predicted octanol–water partition coefficient (Wildman–Crippen LogP) is 3.60. The maximum atomic E-state index is 11.1. The molecular formula is C22H25ClN2O4. The van der Waals surface area contributed by atoms with Gasteiger partial charge in [0.1, 0.15) is 18.1 Å². The summed E-state index contributed by atoms with van der Waals surface area (Å²) in [6.45, 7) is 2.26. The van der Waals surface area contributed by atoms with Crippen molar-refractivity contribution in [2.24, 2.45) is 5.16 Å². The number of methoxy groups -OCH3 is 1. The Labute approximate surface area is 176 Å². The minimum atomic E-state index is -0.854. The Morgan fingerprint density at radius 1 is 1.14 bits per heavy atom. The number of oxime groups is 1. The average Bonchev–Trinajstić information content (AvgIpc) is 2.74. The van der Waals surface area contributed by atoms with E-state index in [1.807, 2.05) is 54.6 Å². The summed E-state index contributed by atoms with van der Waals surface area (Å²) >= 11 is 0. The fraction of sp³-hybridized carbons (Fsp3) is 0.273. The molecule has 1 N–H and O–H groups in total. The first kappa shape index (κ1) is 22.5. The smallest absolute Gasteiger partial charge is 0.332 e. The molecule has 0 bridgehead atoms. The molecule has 154 valence electrons. The monoisotopic (exact) mass is 416 g/mol. The van der Waals surface area contributed by atoms with Gasteiger partial charge in [0.2, 0.25) is 0 Å². The van der Waals surface area contributed by atoms with E-state index in [0.29, 0.717) is 25.3 Å². The van der Waals surface area contributed by atoms with E-state index in [9.17, 15) is 4.79 Å². The molecule has 0 aliphatic carbocycles. The van der Waals surface area contributed by atoms with Crippen molar-refractivity contribution in [2.75, 3.05) is 33.4 Å². The number of hydrogen-bond acceptors (Lipinski definition) is 5. The summed E-state index contributed by atoms with van der Waals surface area (Å²) < 4.78 is 5.32. The van der Waals surface area contributed by atoms with Crippen molar-refractivity contribution in [1.29, 1.82) is 0 Å². The number of ether oxygens (including phenoxy) is 1. The summed E-state index contributed by atoms with van der Waals surface area (Å²) in [4.78, 5) is 18.8. The van der Waals surface area contributed by atoms with Gasteiger partial charge in [0.25, 0.3) is 0 Å². The van der Waals surface area contributed by atoms with Crippen molar-refractivity contribution in [2.45, 2.75) is 6.42 Å². The lowest BCUT2D eigenvalue weighted by atomic mass is 10.0. The van der Waals surface area contributed by atoms with Crippen LogP contribution in [0.1, 0.15) is 17.5 Å². The highest BCUT2D eigenvalue weighted by molar-refractivity contribution is 6.12. The van der Waals surface area contributed by atoms with E-state index in [4.69, 9.17) is 14.7 Å². The highest BCUT2D eigenvalue weighted by atomic mass is 35.5. The van der Waals surface area contributed by atoms with Gasteiger partial charge in [-0.2, -0.15) is 0 Å². The first-order chi connectivity index (χ1) is 13.7. The molecule has 0 unspecified atom stereocenters. The zero-order valence-corrected chi connectivity index (χ0v) is 17.1. The zero-order chi connectivity index (χ0) is 19.8. The van der Waals surface area contributed by atoms with Crippen molar-refractivity contribution < 1.29 is 19.5 Å². The van der Waals surface area contributed by atoms with Gasteiger partial charge in [-0.15, -0.1) is 12.4 Å². The minimum absolute atomic E-state index is 0. The summed E-state index contributed by atoms with van der Waals surface area (Å²) in [6.07, 6.45) is 2.53. The maximum absolute atomic E-state index is 11.1. The summed E-state index contributed by atoms with van der Waals surface area (Å²) in [5.41, 5.74) is 3.02. The lowest BCUT2D eigenvalue weighted by Crippen LogP contribution is -2.34. The number of carboxylic acids is 1. The first-order valence-corrected chi connectivity index (χ1v) is 9.22. The molecule has 7 heteroatoms. The second-order valence-electron chi connectivity index (χ2n) is 6.47. The van der Waals surface area contributed by atoms with Crippen LogP contribution in [0.4, 0.5) is 0 Å². The summed E-state index contributed by atoms with van der Waals surface area (Å²) in [5, 5.41) is 13.5. The van der Waals surface area contributed by atoms with Crippen LogP contribution in [0.2, 0.25) is 0 Å². The van der Waals surface area contributed by atoms with E-state index >= 15 is 0 Å². The van der Waals surface area contributed by atoms with Crippen LogP contribution < -0.4 is 4.74 Å². The van der Waals surface area contributed by atoms with Gasteiger partial charge in [0.05, 0.1) is 7.11 Å². The number of rotatable bonds is 8. The highest BCUT2D eigenvalue weighted by Crippen LogP contribution is 2.17. The maximum Gasteiger partial charge on any atom is 0.332 e. The van der Waals surface area contributed by atoms with E-state index in [-0.39, 0.29) is 12.4 Å². The summed E-state index contributed by atoms with van der Waals surface area (Å²) in [5.74, 6) is -0.101. The Bertz CT molecular complexity index is 868. The molecule has 29 heavy (non-hydrogen) atoms. The number of nitrogens with zero attached hydrogens (tertiary/aromatic N) is 2. The van der Waals surface area contributed by atoms with Gasteiger partial charge in [0, 0.05) is 36.3 Å². The van der Waals surface area contributed by atoms with Crippen LogP contribution in [0.15, 0.2) is 71.4 Å². The molecule has 0 saturated heterocycles. The highest BCUT2D eigenvalue weighted by Gasteiger charge is 2.17. The molecule has 0 fully saturated rings. The second-order valence-corrected chi connectivity index (χ2v) is 6.47. The van der Waals surface area contributed by atoms with E-state index in [1.165, 1.54) is 0 Å². The first-order valence-electron chi connectivity index (χ1n) is 9.22. The molecule has 1 aliphatic heterocycles. The van der Waals surface area contributed by atoms with Crippen LogP contribution in [0.3, 0.4) is 0 Å². The molecule has 0 radical (unpaired) electrons. The van der Waals surface area contributed by atoms with Crippen molar-refractivity contribution in [3.63, 3.8) is 0 Å². The Kier molecular flexibility index (Phi) is 8.70. The lowest BCUT2D eigenvalue weighted by molar-refractivity contribution is -0.133. The Hall–Kier alpha value is -2.83. The van der Waals surface area contributed by atoms with Crippen LogP contribution in [-0.2, 0) is 9.63 Å². The van der Waals surface area contributed by atoms with Gasteiger partial charge in [-0.3, -0.25) is 4.90 Å². The van der Waals surface area contributed by atoms with Gasteiger partial charge < -0.3 is 14.7 Å². The van der Waals surface area contributed by atoms with Gasteiger partial charge in [-0.05, 0) is 18.6 Å². The Balaban J connectivity index is 0.00000300. The van der Waals surface area contributed by atoms with Crippen molar-refractivity contribution in [3.8, 4) is 5.75 Å². The molecule has 0 atom stereocenters. The SMILES string of the molecule is COc1cccc(/C(=N\OCCN2CCC=C(C(=O)O)C2)c2ccccc2)c1.Cl. The number of hydrogen-bond donors (Lipinski definition) is 1. The molecule has 0 saturated carbocycles. The molecule has 2 aromatic carbocycles. The predicted molar refractivity (Wildman–Crippen MR) is 115 cm³/mol. The number of halogens is 1. The van der Waals surface area contributed by atoms with Gasteiger partial charge >= 0.3 is 5.97 Å². The standard InChI is InChI=1S/C22H24N2O4.ClH/c1-27-20-11-5-9-18(15-20)21(17-7-3-2-4-8-17)23-28-14-13-24-12-6-10-19(16-24)22(25)26;/h2-5,7-11,15H,6,12-14,16H2,1H3,(H,25,26);1H/b23-21-;. The molecule has 0 amide bonds. The van der Waals surface area contributed by atoms with Crippen LogP contribution in [-0.4, -0.2) is 55.0 Å². The molecule has 0 spiro atoms. The van der Waals surface area contributed by atoms with Gasteiger partial charge in [-0.1, -0.05) is 53.7 Å². The van der Waals surface area contributed by atoms with Crippen LogP contribution in [0.5, 0.6) is 5.75 Å². The Morgan fingerprint density at radius 3 is 2.62 bits per heavy atom. The third-order valence-electron chi connectivity index (χ3n) is 4.55. The molecule has 3 rings (SSSR count). The van der Waals surface area contributed by atoms with E-state index in [2.05, 4.69) is 10.1 Å². The fourth-order valence-electron chi connectivity index (χ4n) is 3.07. The summed E-state index contributed by atoms with van der Waals surface area (Å²) in [6, 6.07) is 17.5. The third kappa shape index (κ3) is 6.34. The molecule has 0 aromatic heterocycles. The van der Waals surface area contributed by atoms with E-state index in [1.54, 1.807) is 13.2 Å². The lowest BCUT2D eigenvalue weighted by Gasteiger charge is -2.24. The molecule has 1 aliphatic rings. The minimum Gasteiger partial charge on any atom is -0.497 e. The van der Waals surface area contributed by atoms with Gasteiger partial charge in [-0.25, -0.2) is 4.79 Å². The number of benzene rings is 2. The largest absolute Gasteiger partial charge is 0.497 e. The van der Waals surface area contributed by atoms with Crippen LogP contribution in [0, 0.1) is 0 Å². The zero-order valence-electron chi connectivity index (χ0n) is 16.3. The summed E-state index contributed by atoms with van der Waals surface area (Å²) in [7, 11) is 1.63. The molecule has 2 aromatic rings. The van der Waals surface area contributed by atoms with E-state index < -0.39 is 5.97 Å². The number of carboxylic acid groups (broad SMARTS) is 1. The molecular weight excluding hydrogens is 392 g/mol. The number of carbonyl (C=O) groups is 1. The quantitative estimate of drug-likeness (QED) is 0.404. The van der Waals surface area contributed by atoms with Gasteiger partial charge in [0.15, 0.2) is 0 Å².